The molecule has 6 N–H and O–H groups in total. The third kappa shape index (κ3) is 3.99. The summed E-state index contributed by atoms with van der Waals surface area (Å²) in [5, 5.41) is 6.59. The van der Waals surface area contributed by atoms with Gasteiger partial charge in [-0.2, -0.15) is 0 Å². The number of benzene rings is 1. The van der Waals surface area contributed by atoms with E-state index in [4.69, 9.17) is 16.2 Å². The maximum absolute atomic E-state index is 13.4. The summed E-state index contributed by atoms with van der Waals surface area (Å²) in [4.78, 5) is 38.7. The highest BCUT2D eigenvalue weighted by atomic mass is 32.1. The largest absolute Gasteiger partial charge is 0.495 e. The molecule has 1 aliphatic rings. The van der Waals surface area contributed by atoms with Gasteiger partial charge in [-0.05, 0) is 25.8 Å². The van der Waals surface area contributed by atoms with Crippen LogP contribution in [0.2, 0.25) is 0 Å². The Morgan fingerprint density at radius 3 is 2.55 bits per heavy atom. The van der Waals surface area contributed by atoms with Gasteiger partial charge < -0.3 is 26.4 Å². The van der Waals surface area contributed by atoms with Gasteiger partial charge >= 0.3 is 6.03 Å². The zero-order chi connectivity index (χ0) is 21.2. The summed E-state index contributed by atoms with van der Waals surface area (Å²) in [6.07, 6.45) is 0.580. The highest BCUT2D eigenvalue weighted by molar-refractivity contribution is 7.23. The molecule has 1 fully saturated rings. The van der Waals surface area contributed by atoms with Gasteiger partial charge in [-0.15, -0.1) is 11.3 Å². The Balaban J connectivity index is 1.97. The van der Waals surface area contributed by atoms with Crippen LogP contribution in [0.1, 0.15) is 30.1 Å². The molecule has 0 saturated carbocycles. The lowest BCUT2D eigenvalue weighted by Crippen LogP contribution is -2.59. The molecule has 10 heteroatoms. The van der Waals surface area contributed by atoms with Gasteiger partial charge in [-0.25, -0.2) is 4.79 Å². The topological polar surface area (TPSA) is 140 Å². The van der Waals surface area contributed by atoms with Gasteiger partial charge in [-0.1, -0.05) is 12.1 Å². The van der Waals surface area contributed by atoms with E-state index in [-0.39, 0.29) is 11.9 Å². The predicted molar refractivity (Wildman–Crippen MR) is 112 cm³/mol. The van der Waals surface area contributed by atoms with Crippen molar-refractivity contribution in [2.75, 3.05) is 32.1 Å². The first-order chi connectivity index (χ1) is 13.8. The molecular weight excluding hydrogens is 394 g/mol. The molecule has 1 aromatic carbocycles. The monoisotopic (exact) mass is 419 g/mol. The lowest BCUT2D eigenvalue weighted by molar-refractivity contribution is -0.124. The first-order valence-corrected chi connectivity index (χ1v) is 10.1. The summed E-state index contributed by atoms with van der Waals surface area (Å²) < 4.78 is 6.19. The van der Waals surface area contributed by atoms with Crippen molar-refractivity contribution in [1.29, 1.82) is 0 Å². The van der Waals surface area contributed by atoms with E-state index in [9.17, 15) is 14.4 Å². The molecule has 0 radical (unpaired) electrons. The van der Waals surface area contributed by atoms with Gasteiger partial charge in [0, 0.05) is 25.0 Å². The van der Waals surface area contributed by atoms with Crippen LogP contribution in [-0.4, -0.2) is 55.0 Å². The van der Waals surface area contributed by atoms with Crippen molar-refractivity contribution in [2.45, 2.75) is 25.3 Å². The summed E-state index contributed by atoms with van der Waals surface area (Å²) in [6, 6.07) is 5.04. The first-order valence-electron chi connectivity index (χ1n) is 9.33. The average Bonchev–Trinajstić information content (AvgIpc) is 3.05. The second-order valence-corrected chi connectivity index (χ2v) is 7.96. The molecule has 29 heavy (non-hydrogen) atoms. The number of nitrogens with one attached hydrogen (secondary N) is 2. The molecule has 2 heterocycles. The number of primary amides is 1. The van der Waals surface area contributed by atoms with Crippen LogP contribution in [0.15, 0.2) is 18.2 Å². The minimum atomic E-state index is -1.10. The number of nitrogens with zero attached hydrogens (tertiary/aromatic N) is 1. The third-order valence-electron chi connectivity index (χ3n) is 5.11. The summed E-state index contributed by atoms with van der Waals surface area (Å²) in [5.74, 6) is -0.171. The third-order valence-corrected chi connectivity index (χ3v) is 6.25. The molecule has 0 bridgehead atoms. The highest BCUT2D eigenvalue weighted by Gasteiger charge is 2.38. The number of nitrogens with two attached hydrogens (primary N) is 2. The van der Waals surface area contributed by atoms with E-state index < -0.39 is 11.4 Å². The number of carbonyl (C=O) groups is 3. The number of thiophene rings is 1. The number of amides is 4. The number of hydrogen-bond acceptors (Lipinski definition) is 6. The quantitative estimate of drug-likeness (QED) is 0.581. The number of rotatable bonds is 5. The Bertz CT molecular complexity index is 949. The highest BCUT2D eigenvalue weighted by Crippen LogP contribution is 2.41. The molecule has 0 aliphatic carbocycles. The maximum atomic E-state index is 13.4. The molecule has 0 spiro atoms. The molecule has 3 rings (SSSR count). The van der Waals surface area contributed by atoms with Crippen LogP contribution in [-0.2, 0) is 4.79 Å². The van der Waals surface area contributed by atoms with Gasteiger partial charge in [0.1, 0.15) is 10.8 Å². The first kappa shape index (κ1) is 20.9. The van der Waals surface area contributed by atoms with Crippen molar-refractivity contribution in [3.63, 3.8) is 0 Å². The lowest BCUT2D eigenvalue weighted by atomic mass is 9.87. The fourth-order valence-corrected chi connectivity index (χ4v) is 4.55. The zero-order valence-corrected chi connectivity index (χ0v) is 17.2. The number of fused-ring (bicyclic) bond motifs is 1. The van der Waals surface area contributed by atoms with Crippen LogP contribution in [0.3, 0.4) is 0 Å². The molecule has 9 nitrogen and oxygen atoms in total. The van der Waals surface area contributed by atoms with Crippen LogP contribution >= 0.6 is 11.3 Å². The fraction of sp³-hybridized carbons (Fsp3) is 0.421. The molecular formula is C19H25N5O4S. The molecule has 0 atom stereocenters. The predicted octanol–water partition coefficient (Wildman–Crippen LogP) is 1.47. The molecule has 1 aromatic heterocycles. The Kier molecular flexibility index (Phi) is 5.94. The number of piperidine rings is 1. The number of hydrogen-bond donors (Lipinski definition) is 4. The van der Waals surface area contributed by atoms with Crippen molar-refractivity contribution in [1.82, 2.24) is 10.2 Å². The molecule has 1 aliphatic heterocycles. The SMILES string of the molecule is CCNC(=O)Nc1sc2c(OC)cccc2c1C(=O)N1CCC(N)(C(N)=O)CC1. The molecule has 1 saturated heterocycles. The van der Waals surface area contributed by atoms with Crippen LogP contribution in [0.25, 0.3) is 10.1 Å². The molecule has 0 unspecified atom stereocenters. The smallest absolute Gasteiger partial charge is 0.319 e. The van der Waals surface area contributed by atoms with Crippen LogP contribution in [0.4, 0.5) is 9.80 Å². The standard InChI is InChI=1S/C19H25N5O4S/c1-3-22-18(27)23-15-13(11-5-4-6-12(28-2)14(11)29-15)16(25)24-9-7-19(21,8-10-24)17(20)26/h4-6H,3,7-10,21H2,1-2H3,(H2,20,26)(H2,22,23,27). The van der Waals surface area contributed by atoms with E-state index in [1.54, 1.807) is 24.1 Å². The number of urea groups is 1. The van der Waals surface area contributed by atoms with E-state index in [2.05, 4.69) is 10.6 Å². The summed E-state index contributed by atoms with van der Waals surface area (Å²) in [6.45, 7) is 2.88. The molecule has 4 amide bonds. The van der Waals surface area contributed by atoms with Gasteiger partial charge in [0.05, 0.1) is 22.9 Å². The van der Waals surface area contributed by atoms with Crippen molar-refractivity contribution in [3.8, 4) is 5.75 Å². The van der Waals surface area contributed by atoms with Crippen molar-refractivity contribution < 1.29 is 19.1 Å². The Hall–Kier alpha value is -2.85. The van der Waals surface area contributed by atoms with E-state index in [0.29, 0.717) is 54.2 Å². The summed E-state index contributed by atoms with van der Waals surface area (Å²) in [7, 11) is 1.56. The number of ether oxygens (including phenoxy) is 1. The van der Waals surface area contributed by atoms with Crippen LogP contribution in [0, 0.1) is 0 Å². The van der Waals surface area contributed by atoms with Crippen LogP contribution in [0.5, 0.6) is 5.75 Å². The Morgan fingerprint density at radius 1 is 1.28 bits per heavy atom. The van der Waals surface area contributed by atoms with E-state index >= 15 is 0 Å². The number of likely N-dealkylation sites (tertiary alicyclic amines) is 1. The van der Waals surface area contributed by atoms with E-state index in [1.165, 1.54) is 11.3 Å². The Labute approximate surface area is 172 Å². The normalized spacial score (nSPS) is 15.8. The minimum Gasteiger partial charge on any atom is -0.495 e. The van der Waals surface area contributed by atoms with Crippen molar-refractivity contribution in [2.24, 2.45) is 11.5 Å². The van der Waals surface area contributed by atoms with E-state index in [1.807, 2.05) is 13.0 Å². The van der Waals surface area contributed by atoms with Crippen molar-refractivity contribution >= 4 is 44.3 Å². The van der Waals surface area contributed by atoms with Gasteiger partial charge in [0.15, 0.2) is 0 Å². The van der Waals surface area contributed by atoms with E-state index in [0.717, 1.165) is 4.70 Å². The average molecular weight is 420 g/mol. The van der Waals surface area contributed by atoms with Crippen molar-refractivity contribution in [3.05, 3.63) is 23.8 Å². The number of anilines is 1. The maximum Gasteiger partial charge on any atom is 0.319 e. The minimum absolute atomic E-state index is 0.233. The van der Waals surface area contributed by atoms with Gasteiger partial charge in [0.25, 0.3) is 5.91 Å². The summed E-state index contributed by atoms with van der Waals surface area (Å²) >= 11 is 1.28. The van der Waals surface area contributed by atoms with Gasteiger partial charge in [0.2, 0.25) is 5.91 Å². The molecule has 2 aromatic rings. The molecule has 156 valence electrons. The number of methoxy groups -OCH3 is 1. The lowest BCUT2D eigenvalue weighted by Gasteiger charge is -2.37. The van der Waals surface area contributed by atoms with Crippen LogP contribution < -0.4 is 26.8 Å². The zero-order valence-electron chi connectivity index (χ0n) is 16.4. The second-order valence-electron chi connectivity index (χ2n) is 6.94. The van der Waals surface area contributed by atoms with Gasteiger partial charge in [-0.3, -0.25) is 14.9 Å². The summed E-state index contributed by atoms with van der Waals surface area (Å²) in [5.41, 5.74) is 10.7. The fourth-order valence-electron chi connectivity index (χ4n) is 3.38. The second kappa shape index (κ2) is 8.26. The number of carbonyl (C=O) groups excluding carboxylic acids is 3. The Morgan fingerprint density at radius 2 is 1.97 bits per heavy atom.